The number of hydrogen-bond acceptors (Lipinski definition) is 12. The van der Waals surface area contributed by atoms with Gasteiger partial charge in [-0.05, 0) is 144 Å². The lowest BCUT2D eigenvalue weighted by molar-refractivity contribution is -0.152. The van der Waals surface area contributed by atoms with Crippen molar-refractivity contribution in [3.8, 4) is 5.82 Å². The number of imide groups is 1. The topological polar surface area (TPSA) is 180 Å². The number of fused-ring (bicyclic) bond motifs is 1. The Balaban J connectivity index is 1.66. The fraction of sp³-hybridized carbons (Fsp3) is 0.476. The second kappa shape index (κ2) is 18.5. The smallest absolute Gasteiger partial charge is 0.419 e. The molecule has 332 valence electrons. The summed E-state index contributed by atoms with van der Waals surface area (Å²) in [6.45, 7) is 19.4. The molecule has 0 saturated carbocycles. The first kappa shape index (κ1) is 48.5. The number of anilines is 2. The molecule has 0 atom stereocenters. The Labute approximate surface area is 367 Å². The number of aromatic nitrogens is 3. The number of halogens is 2. The van der Waals surface area contributed by atoms with Crippen molar-refractivity contribution in [2.75, 3.05) is 28.8 Å². The van der Waals surface area contributed by atoms with E-state index in [0.717, 1.165) is 9.21 Å². The number of rotatable bonds is 11. The molecule has 0 bridgehead atoms. The predicted octanol–water partition coefficient (Wildman–Crippen LogP) is 9.57. The zero-order valence-electron chi connectivity index (χ0n) is 36.5. The summed E-state index contributed by atoms with van der Waals surface area (Å²) in [4.78, 5) is 54.6. The molecule has 4 rings (SSSR count). The quantitative estimate of drug-likeness (QED) is 0.103. The second-order valence-corrected chi connectivity index (χ2v) is 20.7. The van der Waals surface area contributed by atoms with E-state index in [1.807, 2.05) is 0 Å². The van der Waals surface area contributed by atoms with Gasteiger partial charge in [0.25, 0.3) is 10.0 Å². The fourth-order valence-electron chi connectivity index (χ4n) is 5.58. The standard InChI is InChI=1S/C42H54Cl2N6O10S/c1-39(2,3)57-35(51)26-50(61(55,56)31-24-28(43)23-29(44)25-31)30-14-15-32-27(22-30)18-21-47(32)33-16-17-34(46-45-33)48(36(52)58-40(4,5)6)19-13-20-49(37(53)59-41(7,8)9)38(54)60-42(10,11)12/h14-18,21-25H,13,19-20,26H2,1-12H3. The summed E-state index contributed by atoms with van der Waals surface area (Å²) in [6.07, 6.45) is -0.736. The summed E-state index contributed by atoms with van der Waals surface area (Å²) < 4.78 is 52.8. The number of benzene rings is 2. The highest BCUT2D eigenvalue weighted by Gasteiger charge is 2.33. The van der Waals surface area contributed by atoms with Crippen molar-refractivity contribution >= 4 is 79.9 Å². The van der Waals surface area contributed by atoms with Crippen LogP contribution in [-0.2, 0) is 33.8 Å². The molecule has 4 aromatic rings. The maximum Gasteiger partial charge on any atom is 0.419 e. The third-order valence-corrected chi connectivity index (χ3v) is 10.0. The Morgan fingerprint density at radius 2 is 1.20 bits per heavy atom. The van der Waals surface area contributed by atoms with Crippen molar-refractivity contribution < 1.29 is 46.5 Å². The van der Waals surface area contributed by atoms with E-state index in [2.05, 4.69) is 10.2 Å². The largest absolute Gasteiger partial charge is 0.459 e. The van der Waals surface area contributed by atoms with Crippen molar-refractivity contribution in [3.63, 3.8) is 0 Å². The summed E-state index contributed by atoms with van der Waals surface area (Å²) in [7, 11) is -4.39. The summed E-state index contributed by atoms with van der Waals surface area (Å²) in [6, 6.07) is 13.6. The van der Waals surface area contributed by atoms with Gasteiger partial charge in [0.2, 0.25) is 0 Å². The van der Waals surface area contributed by atoms with Gasteiger partial charge < -0.3 is 18.9 Å². The lowest BCUT2D eigenvalue weighted by atomic mass is 10.2. The molecule has 2 aromatic heterocycles. The van der Waals surface area contributed by atoms with Crippen LogP contribution in [0.5, 0.6) is 0 Å². The van der Waals surface area contributed by atoms with Crippen LogP contribution in [-0.4, -0.2) is 94.4 Å². The lowest BCUT2D eigenvalue weighted by Gasteiger charge is -2.29. The molecular formula is C42H54Cl2N6O10S. The van der Waals surface area contributed by atoms with Crippen LogP contribution in [0.25, 0.3) is 16.7 Å². The number of esters is 1. The van der Waals surface area contributed by atoms with E-state index >= 15 is 0 Å². The van der Waals surface area contributed by atoms with Crippen LogP contribution in [0.15, 0.2) is 65.7 Å². The van der Waals surface area contributed by atoms with Gasteiger partial charge in [-0.2, -0.15) is 0 Å². The van der Waals surface area contributed by atoms with E-state index in [0.29, 0.717) is 16.7 Å². The van der Waals surface area contributed by atoms with E-state index < -0.39 is 63.2 Å². The van der Waals surface area contributed by atoms with Crippen LogP contribution < -0.4 is 9.21 Å². The molecule has 19 heteroatoms. The minimum Gasteiger partial charge on any atom is -0.459 e. The summed E-state index contributed by atoms with van der Waals surface area (Å²) >= 11 is 12.3. The molecule has 61 heavy (non-hydrogen) atoms. The highest BCUT2D eigenvalue weighted by molar-refractivity contribution is 7.92. The average molecular weight is 906 g/mol. The number of hydrogen-bond donors (Lipinski definition) is 0. The first-order valence-electron chi connectivity index (χ1n) is 19.3. The molecule has 3 amide bonds. The van der Waals surface area contributed by atoms with Crippen LogP contribution in [0.2, 0.25) is 10.0 Å². The van der Waals surface area contributed by atoms with Crippen LogP contribution in [0, 0.1) is 0 Å². The van der Waals surface area contributed by atoms with Crippen LogP contribution in [0.4, 0.5) is 25.9 Å². The maximum absolute atomic E-state index is 14.1. The molecule has 0 unspecified atom stereocenters. The normalized spacial score (nSPS) is 12.4. The Kier molecular flexibility index (Phi) is 14.7. The van der Waals surface area contributed by atoms with Gasteiger partial charge in [0.05, 0.1) is 16.1 Å². The molecule has 0 aliphatic rings. The molecule has 2 aromatic carbocycles. The van der Waals surface area contributed by atoms with Gasteiger partial charge in [0.1, 0.15) is 28.9 Å². The third-order valence-electron chi connectivity index (χ3n) is 7.84. The Morgan fingerprint density at radius 3 is 1.70 bits per heavy atom. The minimum absolute atomic E-state index is 0.0373. The van der Waals surface area contributed by atoms with Gasteiger partial charge in [-0.1, -0.05) is 23.2 Å². The van der Waals surface area contributed by atoms with E-state index in [4.69, 9.17) is 42.1 Å². The molecule has 0 aliphatic carbocycles. The zero-order valence-corrected chi connectivity index (χ0v) is 38.9. The summed E-state index contributed by atoms with van der Waals surface area (Å²) in [5, 5.41) is 9.52. The average Bonchev–Trinajstić information content (AvgIpc) is 3.50. The van der Waals surface area contributed by atoms with Crippen LogP contribution in [0.3, 0.4) is 0 Å². The van der Waals surface area contributed by atoms with Crippen molar-refractivity contribution in [1.29, 1.82) is 0 Å². The number of sulfonamides is 1. The summed E-state index contributed by atoms with van der Waals surface area (Å²) in [5.74, 6) is -0.300. The van der Waals surface area contributed by atoms with Crippen LogP contribution in [0.1, 0.15) is 89.5 Å². The molecular weight excluding hydrogens is 851 g/mol. The maximum atomic E-state index is 14.1. The first-order chi connectivity index (χ1) is 27.9. The van der Waals surface area contributed by atoms with Gasteiger partial charge >= 0.3 is 24.2 Å². The third kappa shape index (κ3) is 13.9. The van der Waals surface area contributed by atoms with Gasteiger partial charge in [-0.15, -0.1) is 10.2 Å². The van der Waals surface area contributed by atoms with E-state index in [1.54, 1.807) is 124 Å². The highest BCUT2D eigenvalue weighted by atomic mass is 35.5. The minimum atomic E-state index is -4.39. The zero-order chi connectivity index (χ0) is 45.9. The van der Waals surface area contributed by atoms with Gasteiger partial charge in [-0.25, -0.2) is 27.7 Å². The molecule has 0 spiro atoms. The molecule has 0 saturated heterocycles. The number of ether oxygens (including phenoxy) is 4. The summed E-state index contributed by atoms with van der Waals surface area (Å²) in [5.41, 5.74) is -2.75. The van der Waals surface area contributed by atoms with E-state index in [1.165, 1.54) is 29.2 Å². The van der Waals surface area contributed by atoms with Crippen molar-refractivity contribution in [2.45, 2.75) is 117 Å². The first-order valence-corrected chi connectivity index (χ1v) is 21.5. The Bertz CT molecular complexity index is 2310. The number of carbonyl (C=O) groups excluding carboxylic acids is 4. The van der Waals surface area contributed by atoms with Crippen molar-refractivity contribution in [3.05, 3.63) is 70.8 Å². The van der Waals surface area contributed by atoms with E-state index in [-0.39, 0.29) is 46.0 Å². The molecule has 0 radical (unpaired) electrons. The molecule has 16 nitrogen and oxygen atoms in total. The van der Waals surface area contributed by atoms with Crippen molar-refractivity contribution in [1.82, 2.24) is 19.7 Å². The monoisotopic (exact) mass is 904 g/mol. The lowest BCUT2D eigenvalue weighted by Crippen LogP contribution is -2.45. The number of carbonyl (C=O) groups is 4. The van der Waals surface area contributed by atoms with Crippen molar-refractivity contribution in [2.24, 2.45) is 0 Å². The molecule has 0 N–H and O–H groups in total. The van der Waals surface area contributed by atoms with Gasteiger partial charge in [-0.3, -0.25) is 18.6 Å². The number of amides is 3. The molecule has 0 aliphatic heterocycles. The highest BCUT2D eigenvalue weighted by Crippen LogP contribution is 2.32. The predicted molar refractivity (Wildman–Crippen MR) is 233 cm³/mol. The second-order valence-electron chi connectivity index (χ2n) is 18.0. The Morgan fingerprint density at radius 1 is 0.656 bits per heavy atom. The van der Waals surface area contributed by atoms with Gasteiger partial charge in [0.15, 0.2) is 11.6 Å². The van der Waals surface area contributed by atoms with Gasteiger partial charge in [0, 0.05) is 34.7 Å². The Hall–Kier alpha value is -5.13. The van der Waals surface area contributed by atoms with Crippen LogP contribution >= 0.6 is 23.2 Å². The molecule has 0 fully saturated rings. The SMILES string of the molecule is CC(C)(C)OC(=O)CN(c1ccc2c(ccn2-c2ccc(N(CCCN(C(=O)OC(C)(C)C)C(=O)OC(C)(C)C)C(=O)OC(C)(C)C)nn2)c1)S(=O)(=O)c1cc(Cl)cc(Cl)c1. The fourth-order valence-corrected chi connectivity index (χ4v) is 7.71. The number of nitrogens with zero attached hydrogens (tertiary/aromatic N) is 6. The van der Waals surface area contributed by atoms with E-state index in [9.17, 15) is 27.6 Å². The molecule has 2 heterocycles.